The molecule has 12 nitrogen and oxygen atoms in total. The fourth-order valence-electron chi connectivity index (χ4n) is 2.14. The van der Waals surface area contributed by atoms with Crippen molar-refractivity contribution in [3.63, 3.8) is 0 Å². The third-order valence-electron chi connectivity index (χ3n) is 3.69. The van der Waals surface area contributed by atoms with Crippen molar-refractivity contribution in [2.45, 2.75) is 12.6 Å². The number of nitrogens with one attached hydrogen (secondary N) is 2. The monoisotopic (exact) mass is 466 g/mol. The molecule has 31 heavy (non-hydrogen) atoms. The highest BCUT2D eigenvalue weighted by atomic mass is 32.2. The Hall–Kier alpha value is -2.19. The van der Waals surface area contributed by atoms with Crippen LogP contribution >= 0.6 is 0 Å². The van der Waals surface area contributed by atoms with Gasteiger partial charge in [-0.2, -0.15) is 0 Å². The van der Waals surface area contributed by atoms with Crippen LogP contribution in [0.15, 0.2) is 22.2 Å². The van der Waals surface area contributed by atoms with Gasteiger partial charge in [-0.05, 0) is 0 Å². The van der Waals surface area contributed by atoms with Gasteiger partial charge in [0.15, 0.2) is 22.4 Å². The summed E-state index contributed by atoms with van der Waals surface area (Å²) in [5.74, 6) is -1.84. The quantitative estimate of drug-likeness (QED) is 0.234. The van der Waals surface area contributed by atoms with Gasteiger partial charge in [-0.15, -0.1) is 0 Å². The van der Waals surface area contributed by atoms with E-state index >= 15 is 0 Å². The smallest absolute Gasteiger partial charge is 0.264 e. The second-order valence-corrected chi connectivity index (χ2v) is 8.53. The molecule has 0 unspecified atom stereocenters. The van der Waals surface area contributed by atoms with Gasteiger partial charge in [0.25, 0.3) is 11.8 Å². The van der Waals surface area contributed by atoms with Crippen molar-refractivity contribution in [2.75, 3.05) is 69.7 Å². The van der Waals surface area contributed by atoms with E-state index in [9.17, 15) is 18.0 Å². The third-order valence-corrected chi connectivity index (χ3v) is 5.43. The summed E-state index contributed by atoms with van der Waals surface area (Å²) < 4.78 is 46.6. The summed E-state index contributed by atoms with van der Waals surface area (Å²) in [5.41, 5.74) is 0. The summed E-state index contributed by atoms with van der Waals surface area (Å²) >= 11 is 0. The van der Waals surface area contributed by atoms with Crippen molar-refractivity contribution in [1.29, 1.82) is 0 Å². The molecule has 2 N–H and O–H groups in total. The molecule has 180 valence electrons. The Morgan fingerprint density at radius 2 is 1.03 bits per heavy atom. The number of ether oxygens (including phenoxy) is 4. The van der Waals surface area contributed by atoms with Crippen molar-refractivity contribution in [3.05, 3.63) is 22.2 Å². The largest absolute Gasteiger partial charge is 0.382 e. The summed E-state index contributed by atoms with van der Waals surface area (Å²) in [5, 5.41) is 4.87. The highest BCUT2D eigenvalue weighted by molar-refractivity contribution is 8.00. The molecule has 0 heterocycles. The normalized spacial score (nSPS) is 12.8. The first kappa shape index (κ1) is 28.8. The molecule has 2 amide bonds. The van der Waals surface area contributed by atoms with Gasteiger partial charge in [-0.3, -0.25) is 9.59 Å². The molecule has 0 bridgehead atoms. The lowest BCUT2D eigenvalue weighted by molar-refractivity contribution is -0.123. The molecular formula is C18H34N4O8S. The Balaban J connectivity index is 6.02. The molecule has 0 aliphatic heterocycles. The van der Waals surface area contributed by atoms with E-state index in [0.717, 1.165) is 12.4 Å². The number of amides is 2. The van der Waals surface area contributed by atoms with Crippen LogP contribution in [0.3, 0.4) is 0 Å². The van der Waals surface area contributed by atoms with Crippen LogP contribution in [0.25, 0.3) is 0 Å². The van der Waals surface area contributed by atoms with E-state index in [1.54, 1.807) is 28.2 Å². The summed E-state index contributed by atoms with van der Waals surface area (Å²) in [7, 11) is 7.18. The van der Waals surface area contributed by atoms with E-state index in [-0.39, 0.29) is 13.1 Å². The Kier molecular flexibility index (Phi) is 13.0. The average Bonchev–Trinajstić information content (AvgIpc) is 2.70. The minimum atomic E-state index is -4.52. The van der Waals surface area contributed by atoms with Crippen molar-refractivity contribution in [1.82, 2.24) is 20.4 Å². The number of rotatable bonds is 14. The highest BCUT2D eigenvalue weighted by Gasteiger charge is 2.34. The maximum Gasteiger partial charge on any atom is 0.264 e. The van der Waals surface area contributed by atoms with Crippen LogP contribution in [0.4, 0.5) is 0 Å². The topological polar surface area (TPSA) is 136 Å². The molecule has 0 aliphatic rings. The maximum atomic E-state index is 13.3. The Morgan fingerprint density at radius 1 is 0.742 bits per heavy atom. The minimum absolute atomic E-state index is 0.103. The first-order valence-corrected chi connectivity index (χ1v) is 10.6. The van der Waals surface area contributed by atoms with Crippen molar-refractivity contribution in [2.24, 2.45) is 0 Å². The van der Waals surface area contributed by atoms with Crippen LogP contribution in [0.5, 0.6) is 0 Å². The minimum Gasteiger partial charge on any atom is -0.382 e. The lowest BCUT2D eigenvalue weighted by Crippen LogP contribution is -2.40. The molecule has 0 rings (SSSR count). The number of nitrogens with zero attached hydrogens (tertiary/aromatic N) is 2. The zero-order valence-electron chi connectivity index (χ0n) is 19.3. The summed E-state index contributed by atoms with van der Waals surface area (Å²) in [6, 6.07) is 0. The zero-order valence-corrected chi connectivity index (χ0v) is 20.1. The lowest BCUT2D eigenvalue weighted by atomic mass is 10.5. The van der Waals surface area contributed by atoms with Crippen molar-refractivity contribution in [3.8, 4) is 0 Å². The first-order valence-electron chi connectivity index (χ1n) is 9.13. The van der Waals surface area contributed by atoms with Crippen LogP contribution in [-0.4, -0.2) is 112 Å². The fourth-order valence-corrected chi connectivity index (χ4v) is 3.71. The van der Waals surface area contributed by atoms with Crippen LogP contribution in [0.1, 0.15) is 0 Å². The molecular weight excluding hydrogens is 432 g/mol. The number of hydrogen-bond donors (Lipinski definition) is 2. The molecule has 0 atom stereocenters. The van der Waals surface area contributed by atoms with E-state index in [0.29, 0.717) is 0 Å². The summed E-state index contributed by atoms with van der Waals surface area (Å²) in [6.07, 6.45) is 0.687. The number of carbonyl (C=O) groups excluding carboxylic acids is 2. The van der Waals surface area contributed by atoms with Gasteiger partial charge in [-0.25, -0.2) is 8.42 Å². The molecule has 0 fully saturated rings. The number of methoxy groups -OCH3 is 4. The summed E-state index contributed by atoms with van der Waals surface area (Å²) in [4.78, 5) is 27.0. The molecule has 0 aromatic heterocycles. The molecule has 0 aliphatic carbocycles. The molecule has 0 saturated carbocycles. The molecule has 0 aromatic rings. The fraction of sp³-hybridized carbons (Fsp3) is 0.667. The second-order valence-electron chi connectivity index (χ2n) is 6.64. The predicted octanol–water partition coefficient (Wildman–Crippen LogP) is -1.32. The third kappa shape index (κ3) is 9.65. The number of carbonyl (C=O) groups is 2. The SMILES string of the molecule is COC(CNC(=O)/C(=C\N(C)C)S(=O)(=O)/C(=C/N(C)C)C(=O)NCC(OC)OC)OC. The zero-order chi connectivity index (χ0) is 24.2. The Labute approximate surface area is 184 Å². The second kappa shape index (κ2) is 14.0. The molecule has 0 radical (unpaired) electrons. The van der Waals surface area contributed by atoms with Gasteiger partial charge in [0.2, 0.25) is 9.84 Å². The van der Waals surface area contributed by atoms with Crippen LogP contribution in [-0.2, 0) is 38.4 Å². The van der Waals surface area contributed by atoms with Gasteiger partial charge >= 0.3 is 0 Å². The highest BCUT2D eigenvalue weighted by Crippen LogP contribution is 2.19. The Bertz CT molecular complexity index is 686. The lowest BCUT2D eigenvalue weighted by Gasteiger charge is -2.19. The molecule has 0 spiro atoms. The first-order chi connectivity index (χ1) is 14.4. The molecule has 13 heteroatoms. The van der Waals surface area contributed by atoms with Crippen molar-refractivity contribution < 1.29 is 37.0 Å². The van der Waals surface area contributed by atoms with Gasteiger partial charge in [-0.1, -0.05) is 0 Å². The predicted molar refractivity (Wildman–Crippen MR) is 114 cm³/mol. The Morgan fingerprint density at radius 3 is 1.26 bits per heavy atom. The van der Waals surface area contributed by atoms with Gasteiger partial charge in [0, 0.05) is 69.0 Å². The van der Waals surface area contributed by atoms with Crippen molar-refractivity contribution >= 4 is 21.7 Å². The van der Waals surface area contributed by atoms with E-state index in [1.807, 2.05) is 0 Å². The van der Waals surface area contributed by atoms with E-state index < -0.39 is 44.0 Å². The van der Waals surface area contributed by atoms with E-state index in [2.05, 4.69) is 10.6 Å². The van der Waals surface area contributed by atoms with E-state index in [1.165, 1.54) is 38.2 Å². The van der Waals surface area contributed by atoms with Gasteiger partial charge in [0.1, 0.15) is 0 Å². The summed E-state index contributed by atoms with van der Waals surface area (Å²) in [6.45, 7) is -0.206. The number of sulfone groups is 1. The van der Waals surface area contributed by atoms with Crippen LogP contribution in [0.2, 0.25) is 0 Å². The number of hydrogen-bond acceptors (Lipinski definition) is 10. The average molecular weight is 467 g/mol. The van der Waals surface area contributed by atoms with Crippen LogP contribution in [0, 0.1) is 0 Å². The maximum absolute atomic E-state index is 13.3. The van der Waals surface area contributed by atoms with E-state index in [4.69, 9.17) is 18.9 Å². The molecule has 0 saturated heterocycles. The standard InChI is InChI=1S/C18H34N4O8S/c1-21(2)11-13(17(23)19-9-15(27-5)28-6)31(25,26)14(12-22(3)4)18(24)20-10-16(29-7)30-8/h11-12,15-16H,9-10H2,1-8H3,(H,19,23)(H,20,24)/b13-11+,14-12+. The van der Waals surface area contributed by atoms with Gasteiger partial charge in [0.05, 0.1) is 13.1 Å². The van der Waals surface area contributed by atoms with Crippen LogP contribution < -0.4 is 10.6 Å². The molecule has 0 aromatic carbocycles. The van der Waals surface area contributed by atoms with Gasteiger partial charge < -0.3 is 39.4 Å².